The number of hydrogen-bond acceptors (Lipinski definition) is 3. The molecule has 0 fully saturated rings. The van der Waals surface area contributed by atoms with Gasteiger partial charge in [0, 0.05) is 26.9 Å². The first kappa shape index (κ1) is 16.2. The zero-order valence-corrected chi connectivity index (χ0v) is 14.8. The van der Waals surface area contributed by atoms with Crippen LogP contribution in [-0.2, 0) is 27.8 Å². The fourth-order valence-electron chi connectivity index (χ4n) is 2.55. The molecule has 0 radical (unpaired) electrons. The van der Waals surface area contributed by atoms with E-state index in [0.717, 1.165) is 11.3 Å². The molecule has 1 N–H and O–H groups in total. The second-order valence-electron chi connectivity index (χ2n) is 6.55. The Morgan fingerprint density at radius 1 is 1.35 bits per heavy atom. The van der Waals surface area contributed by atoms with Gasteiger partial charge < -0.3 is 5.32 Å². The van der Waals surface area contributed by atoms with Crippen molar-refractivity contribution in [2.24, 2.45) is 0 Å². The van der Waals surface area contributed by atoms with Crippen LogP contribution in [-0.4, -0.2) is 19.9 Å². The van der Waals surface area contributed by atoms with Crippen LogP contribution < -0.4 is 5.32 Å². The van der Waals surface area contributed by atoms with Gasteiger partial charge in [-0.05, 0) is 39.0 Å². The van der Waals surface area contributed by atoms with Crippen molar-refractivity contribution >= 4 is 34.1 Å². The van der Waals surface area contributed by atoms with Crippen LogP contribution in [0, 0.1) is 0 Å². The molecule has 0 bridgehead atoms. The third-order valence-electron chi connectivity index (χ3n) is 3.62. The molecule has 0 saturated heterocycles. The van der Waals surface area contributed by atoms with E-state index in [9.17, 15) is 9.00 Å². The molecule has 0 saturated carbocycles. The van der Waals surface area contributed by atoms with Crippen LogP contribution in [0.2, 0.25) is 5.02 Å². The van der Waals surface area contributed by atoms with E-state index in [0.29, 0.717) is 27.9 Å². The summed E-state index contributed by atoms with van der Waals surface area (Å²) in [6, 6.07) is 6.78. The molecule has 1 atom stereocenters. The number of anilines is 1. The van der Waals surface area contributed by atoms with Gasteiger partial charge in [0.2, 0.25) is 0 Å². The third-order valence-corrected chi connectivity index (χ3v) is 5.07. The van der Waals surface area contributed by atoms with Crippen molar-refractivity contribution in [3.63, 3.8) is 0 Å². The fraction of sp³-hybridized carbons (Fsp3) is 0.375. The Labute approximate surface area is 142 Å². The lowest BCUT2D eigenvalue weighted by atomic mass is 10.1. The molecule has 23 heavy (non-hydrogen) atoms. The molecular formula is C16H18ClN3O2S. The van der Waals surface area contributed by atoms with Gasteiger partial charge in [0.25, 0.3) is 5.91 Å². The molecule has 1 aromatic carbocycles. The maximum absolute atomic E-state index is 12.5. The molecule has 122 valence electrons. The molecule has 1 aliphatic heterocycles. The average molecular weight is 352 g/mol. The zero-order chi connectivity index (χ0) is 16.8. The van der Waals surface area contributed by atoms with Crippen molar-refractivity contribution in [2.45, 2.75) is 37.8 Å². The Hall–Kier alpha value is -1.66. The Balaban J connectivity index is 1.99. The van der Waals surface area contributed by atoms with Gasteiger partial charge in [-0.25, -0.2) is 4.68 Å². The SMILES string of the molecule is CC(C)(C)n1nc2c(c1NC(=O)c1cccc(Cl)c1)CS(=O)C2. The number of aromatic nitrogens is 2. The molecule has 1 amide bonds. The standard InChI is InChI=1S/C16H18ClN3O2S/c1-16(2,3)20-14(12-8-23(22)9-13(12)19-20)18-15(21)10-5-4-6-11(17)7-10/h4-7H,8-9H2,1-3H3,(H,18,21). The highest BCUT2D eigenvalue weighted by molar-refractivity contribution is 7.83. The van der Waals surface area contributed by atoms with E-state index in [2.05, 4.69) is 10.4 Å². The summed E-state index contributed by atoms with van der Waals surface area (Å²) in [6.45, 7) is 6.05. The number of rotatable bonds is 2. The summed E-state index contributed by atoms with van der Waals surface area (Å²) in [7, 11) is -0.945. The minimum Gasteiger partial charge on any atom is -0.306 e. The van der Waals surface area contributed by atoms with Gasteiger partial charge in [0.15, 0.2) is 0 Å². The monoisotopic (exact) mass is 351 g/mol. The van der Waals surface area contributed by atoms with Crippen molar-refractivity contribution in [3.05, 3.63) is 46.1 Å². The first-order chi connectivity index (χ1) is 10.8. The summed E-state index contributed by atoms with van der Waals surface area (Å²) in [6.07, 6.45) is 0. The predicted molar refractivity (Wildman–Crippen MR) is 92.2 cm³/mol. The van der Waals surface area contributed by atoms with Crippen LogP contribution in [0.25, 0.3) is 0 Å². The number of benzene rings is 1. The third kappa shape index (κ3) is 3.19. The molecule has 7 heteroatoms. The summed E-state index contributed by atoms with van der Waals surface area (Å²) in [5.74, 6) is 1.25. The highest BCUT2D eigenvalue weighted by Gasteiger charge is 2.31. The number of amides is 1. The zero-order valence-electron chi connectivity index (χ0n) is 13.2. The number of carbonyl (C=O) groups excluding carboxylic acids is 1. The molecule has 3 rings (SSSR count). The largest absolute Gasteiger partial charge is 0.306 e. The maximum atomic E-state index is 12.5. The van der Waals surface area contributed by atoms with Gasteiger partial charge in [-0.3, -0.25) is 9.00 Å². The van der Waals surface area contributed by atoms with E-state index in [1.165, 1.54) is 0 Å². The molecule has 2 aromatic rings. The number of nitrogens with zero attached hydrogens (tertiary/aromatic N) is 2. The second kappa shape index (κ2) is 5.76. The Bertz CT molecular complexity index is 808. The van der Waals surface area contributed by atoms with Crippen molar-refractivity contribution < 1.29 is 9.00 Å². The van der Waals surface area contributed by atoms with Crippen molar-refractivity contribution in [2.75, 3.05) is 5.32 Å². The minimum atomic E-state index is -0.945. The minimum absolute atomic E-state index is 0.251. The van der Waals surface area contributed by atoms with Gasteiger partial charge in [-0.2, -0.15) is 5.10 Å². The van der Waals surface area contributed by atoms with Crippen molar-refractivity contribution in [1.82, 2.24) is 9.78 Å². The first-order valence-corrected chi connectivity index (χ1v) is 9.15. The van der Waals surface area contributed by atoms with Crippen molar-refractivity contribution in [3.8, 4) is 0 Å². The van der Waals surface area contributed by atoms with Gasteiger partial charge in [0.05, 0.1) is 22.7 Å². The van der Waals surface area contributed by atoms with Crippen LogP contribution in [0.3, 0.4) is 0 Å². The number of nitrogens with one attached hydrogen (secondary N) is 1. The highest BCUT2D eigenvalue weighted by Crippen LogP contribution is 2.33. The van der Waals surface area contributed by atoms with Crippen LogP contribution in [0.4, 0.5) is 5.82 Å². The average Bonchev–Trinajstić information content (AvgIpc) is 2.96. The van der Waals surface area contributed by atoms with E-state index in [4.69, 9.17) is 11.6 Å². The summed E-state index contributed by atoms with van der Waals surface area (Å²) < 4.78 is 13.6. The van der Waals surface area contributed by atoms with Crippen molar-refractivity contribution in [1.29, 1.82) is 0 Å². The van der Waals surface area contributed by atoms with Gasteiger partial charge in [0.1, 0.15) is 5.82 Å². The lowest BCUT2D eigenvalue weighted by Crippen LogP contribution is -2.27. The molecule has 5 nitrogen and oxygen atoms in total. The van der Waals surface area contributed by atoms with Crippen LogP contribution in [0.15, 0.2) is 24.3 Å². The van der Waals surface area contributed by atoms with Gasteiger partial charge >= 0.3 is 0 Å². The van der Waals surface area contributed by atoms with Crippen LogP contribution >= 0.6 is 11.6 Å². The number of halogens is 1. The molecule has 1 unspecified atom stereocenters. The Morgan fingerprint density at radius 2 is 2.09 bits per heavy atom. The normalized spacial score (nSPS) is 17.1. The summed E-state index contributed by atoms with van der Waals surface area (Å²) in [5, 5.41) is 8.00. The van der Waals surface area contributed by atoms with Crippen LogP contribution in [0.5, 0.6) is 0 Å². The topological polar surface area (TPSA) is 64.0 Å². The van der Waals surface area contributed by atoms with Crippen LogP contribution in [0.1, 0.15) is 42.4 Å². The highest BCUT2D eigenvalue weighted by atomic mass is 35.5. The predicted octanol–water partition coefficient (Wildman–Crippen LogP) is 3.31. The summed E-state index contributed by atoms with van der Waals surface area (Å²) in [4.78, 5) is 12.5. The first-order valence-electron chi connectivity index (χ1n) is 7.29. The fourth-order valence-corrected chi connectivity index (χ4v) is 4.01. The molecular weight excluding hydrogens is 334 g/mol. The quantitative estimate of drug-likeness (QED) is 0.902. The molecule has 0 spiro atoms. The summed E-state index contributed by atoms with van der Waals surface area (Å²) in [5.41, 5.74) is 1.86. The van der Waals surface area contributed by atoms with E-state index >= 15 is 0 Å². The second-order valence-corrected chi connectivity index (χ2v) is 8.44. The molecule has 1 aliphatic rings. The number of hydrogen-bond donors (Lipinski definition) is 1. The number of carbonyl (C=O) groups is 1. The molecule has 1 aromatic heterocycles. The van der Waals surface area contributed by atoms with Gasteiger partial charge in [-0.1, -0.05) is 17.7 Å². The van der Waals surface area contributed by atoms with E-state index in [1.807, 2.05) is 20.8 Å². The number of fused-ring (bicyclic) bond motifs is 1. The Kier molecular flexibility index (Phi) is 4.06. The van der Waals surface area contributed by atoms with E-state index in [1.54, 1.807) is 28.9 Å². The van der Waals surface area contributed by atoms with E-state index in [-0.39, 0.29) is 11.4 Å². The van der Waals surface area contributed by atoms with Gasteiger partial charge in [-0.15, -0.1) is 0 Å². The Morgan fingerprint density at radius 3 is 2.74 bits per heavy atom. The smallest absolute Gasteiger partial charge is 0.256 e. The molecule has 0 aliphatic carbocycles. The lowest BCUT2D eigenvalue weighted by molar-refractivity contribution is 0.102. The lowest BCUT2D eigenvalue weighted by Gasteiger charge is -2.23. The maximum Gasteiger partial charge on any atom is 0.256 e. The molecule has 2 heterocycles. The van der Waals surface area contributed by atoms with E-state index < -0.39 is 10.8 Å². The summed E-state index contributed by atoms with van der Waals surface area (Å²) >= 11 is 5.95.